The Morgan fingerprint density at radius 1 is 0.450 bits per heavy atom. The third-order valence-electron chi connectivity index (χ3n) is 3.57. The number of benzene rings is 3. The second kappa shape index (κ2) is 5.83. The van der Waals surface area contributed by atoms with Crippen molar-refractivity contribution < 1.29 is 0 Å². The van der Waals surface area contributed by atoms with Crippen LogP contribution in [0.5, 0.6) is 0 Å². The number of rotatable bonds is 3. The Morgan fingerprint density at radius 2 is 0.700 bits per heavy atom. The first-order chi connectivity index (χ1) is 9.82. The molecule has 0 N–H and O–H groups in total. The third kappa shape index (κ3) is 2.40. The average molecular weight is 296 g/mol. The topological polar surface area (TPSA) is 0 Å². The Hall–Kier alpha value is -1.56. The predicted molar refractivity (Wildman–Crippen MR) is 95.5 cm³/mol. The van der Waals surface area contributed by atoms with Gasteiger partial charge in [-0.05, 0) is 0 Å². The minimum absolute atomic E-state index is 1.32. The van der Waals surface area contributed by atoms with Crippen LogP contribution in [0.1, 0.15) is 0 Å². The van der Waals surface area contributed by atoms with Gasteiger partial charge in [0.1, 0.15) is 0 Å². The Labute approximate surface area is 126 Å². The maximum atomic E-state index is 5.23. The summed E-state index contributed by atoms with van der Waals surface area (Å²) in [4.78, 5) is 0. The molecule has 0 aliphatic heterocycles. The molecule has 0 atom stereocenters. The van der Waals surface area contributed by atoms with Crippen LogP contribution in [-0.4, -0.2) is 0 Å². The molecule has 100 valence electrons. The number of hydrogen-bond donors (Lipinski definition) is 1. The van der Waals surface area contributed by atoms with Crippen LogP contribution in [0.25, 0.3) is 0 Å². The zero-order valence-electron chi connectivity index (χ0n) is 11.1. The van der Waals surface area contributed by atoms with E-state index in [0.29, 0.717) is 0 Å². The second-order valence-corrected chi connectivity index (χ2v) is 9.97. The van der Waals surface area contributed by atoms with Gasteiger partial charge in [-0.3, -0.25) is 0 Å². The molecule has 2 heteroatoms. The molecule has 3 aromatic carbocycles. The summed E-state index contributed by atoms with van der Waals surface area (Å²) >= 11 is 5.23. The van der Waals surface area contributed by atoms with E-state index in [0.717, 1.165) is 0 Å². The minimum atomic E-state index is -2.18. The Bertz CT molecular complexity index is 569. The molecule has 0 saturated carbocycles. The molecule has 0 nitrogen and oxygen atoms in total. The normalized spacial score (nSPS) is 12.1. The van der Waals surface area contributed by atoms with E-state index in [-0.39, 0.29) is 0 Å². The molecule has 0 fully saturated rings. The molecule has 0 radical (unpaired) electrons. The van der Waals surface area contributed by atoms with Crippen LogP contribution < -0.4 is 15.9 Å². The van der Waals surface area contributed by atoms with E-state index in [9.17, 15) is 0 Å². The number of hydrogen-bond acceptors (Lipinski definition) is 1. The molecule has 0 saturated heterocycles. The summed E-state index contributed by atoms with van der Waals surface area (Å²) in [5, 5.41) is 3.96. The summed E-state index contributed by atoms with van der Waals surface area (Å²) in [6.45, 7) is -2.18. The van der Waals surface area contributed by atoms with Gasteiger partial charge in [0.25, 0.3) is 0 Å². The van der Waals surface area contributed by atoms with E-state index in [4.69, 9.17) is 12.2 Å². The molecule has 0 unspecified atom stereocenters. The van der Waals surface area contributed by atoms with Crippen molar-refractivity contribution in [3.05, 3.63) is 91.0 Å². The van der Waals surface area contributed by atoms with Crippen LogP contribution in [0.4, 0.5) is 0 Å². The van der Waals surface area contributed by atoms with Gasteiger partial charge >= 0.3 is 126 Å². The second-order valence-electron chi connectivity index (χ2n) is 4.81. The summed E-state index contributed by atoms with van der Waals surface area (Å²) in [6.07, 6.45) is 0. The van der Waals surface area contributed by atoms with Crippen molar-refractivity contribution in [1.29, 1.82) is 0 Å². The van der Waals surface area contributed by atoms with Crippen LogP contribution >= 0.6 is 18.7 Å². The van der Waals surface area contributed by atoms with Gasteiger partial charge in [0.2, 0.25) is 0 Å². The van der Waals surface area contributed by atoms with Crippen molar-refractivity contribution in [2.24, 2.45) is 0 Å². The van der Waals surface area contributed by atoms with Crippen molar-refractivity contribution >= 4 is 34.6 Å². The van der Waals surface area contributed by atoms with Gasteiger partial charge in [0, 0.05) is 0 Å². The summed E-state index contributed by atoms with van der Waals surface area (Å²) in [5.41, 5.74) is 0. The van der Waals surface area contributed by atoms with E-state index in [1.807, 2.05) is 0 Å². The van der Waals surface area contributed by atoms with Crippen LogP contribution in [-0.2, 0) is 0 Å². The van der Waals surface area contributed by atoms with Crippen LogP contribution in [0.2, 0.25) is 0 Å². The fraction of sp³-hybridized carbons (Fsp3) is 0. The fourth-order valence-electron chi connectivity index (χ4n) is 2.54. The van der Waals surface area contributed by atoms with Crippen molar-refractivity contribution in [3.63, 3.8) is 0 Å². The summed E-state index contributed by atoms with van der Waals surface area (Å²) in [5.74, 6) is 0. The van der Waals surface area contributed by atoms with E-state index < -0.39 is 6.46 Å². The SMILES string of the molecule is S[PH](c1ccccc1)(c1ccccc1)c1ccccc1. The maximum absolute atomic E-state index is 5.23. The molecule has 0 aromatic heterocycles. The van der Waals surface area contributed by atoms with Crippen LogP contribution in [0.15, 0.2) is 91.0 Å². The van der Waals surface area contributed by atoms with Crippen LogP contribution in [0.3, 0.4) is 0 Å². The van der Waals surface area contributed by atoms with Crippen molar-refractivity contribution in [1.82, 2.24) is 0 Å². The van der Waals surface area contributed by atoms with Crippen molar-refractivity contribution in [2.75, 3.05) is 0 Å². The monoisotopic (exact) mass is 296 g/mol. The first-order valence-corrected chi connectivity index (χ1v) is 9.99. The van der Waals surface area contributed by atoms with E-state index >= 15 is 0 Å². The van der Waals surface area contributed by atoms with E-state index in [1.165, 1.54) is 15.9 Å². The molecule has 20 heavy (non-hydrogen) atoms. The number of thiol groups is 1. The summed E-state index contributed by atoms with van der Waals surface area (Å²) in [7, 11) is 0. The molecule has 3 rings (SSSR count). The third-order valence-corrected chi connectivity index (χ3v) is 9.41. The first-order valence-electron chi connectivity index (χ1n) is 6.71. The van der Waals surface area contributed by atoms with Gasteiger partial charge in [-0.1, -0.05) is 0 Å². The molecule has 0 aliphatic rings. The molecule has 0 aliphatic carbocycles. The molecular formula is C18H17PS. The van der Waals surface area contributed by atoms with Crippen molar-refractivity contribution in [3.8, 4) is 0 Å². The van der Waals surface area contributed by atoms with E-state index in [1.54, 1.807) is 0 Å². The molecule has 0 amide bonds. The molecule has 3 aromatic rings. The molecule has 0 spiro atoms. The van der Waals surface area contributed by atoms with Gasteiger partial charge < -0.3 is 0 Å². The quantitative estimate of drug-likeness (QED) is 0.554. The zero-order chi connectivity index (χ0) is 13.8. The van der Waals surface area contributed by atoms with Gasteiger partial charge in [-0.2, -0.15) is 0 Å². The predicted octanol–water partition coefficient (Wildman–Crippen LogP) is 3.56. The van der Waals surface area contributed by atoms with Gasteiger partial charge in [0.05, 0.1) is 0 Å². The summed E-state index contributed by atoms with van der Waals surface area (Å²) < 4.78 is 0. The van der Waals surface area contributed by atoms with E-state index in [2.05, 4.69) is 91.0 Å². The van der Waals surface area contributed by atoms with Gasteiger partial charge in [-0.15, -0.1) is 0 Å². The van der Waals surface area contributed by atoms with Gasteiger partial charge in [0.15, 0.2) is 0 Å². The van der Waals surface area contributed by atoms with Crippen LogP contribution in [0, 0.1) is 0 Å². The first kappa shape index (κ1) is 13.4. The fourth-order valence-corrected chi connectivity index (χ4v) is 6.90. The Morgan fingerprint density at radius 3 is 0.950 bits per heavy atom. The average Bonchev–Trinajstić information content (AvgIpc) is 2.56. The zero-order valence-corrected chi connectivity index (χ0v) is 13.0. The van der Waals surface area contributed by atoms with Crippen molar-refractivity contribution in [2.45, 2.75) is 0 Å². The molecule has 0 bridgehead atoms. The Balaban J connectivity index is 2.24. The molecular weight excluding hydrogens is 279 g/mol. The standard InChI is InChI=1S/C18H17PS/c20-19(16-10-4-1-5-11-16,17-12-6-2-7-13-17)18-14-8-3-9-15-18/h1-15,19-20H. The molecule has 0 heterocycles. The van der Waals surface area contributed by atoms with Gasteiger partial charge in [-0.25, -0.2) is 0 Å². The Kier molecular flexibility index (Phi) is 3.91. The summed E-state index contributed by atoms with van der Waals surface area (Å²) in [6, 6.07) is 31.9.